The molecule has 1 heteroatoms. The van der Waals surface area contributed by atoms with Gasteiger partial charge in [0, 0.05) is 0 Å². The van der Waals surface area contributed by atoms with Gasteiger partial charge in [-0.2, -0.15) is 5.26 Å². The lowest BCUT2D eigenvalue weighted by molar-refractivity contribution is 1.50. The van der Waals surface area contributed by atoms with Crippen molar-refractivity contribution in [3.05, 3.63) is 60.2 Å². The second kappa shape index (κ2) is 3.21. The molecule has 0 radical (unpaired) electrons. The van der Waals surface area contributed by atoms with Gasteiger partial charge < -0.3 is 0 Å². The molecular weight excluding hydrogens is 218 g/mol. The van der Waals surface area contributed by atoms with E-state index < -0.39 is 0 Å². The topological polar surface area (TPSA) is 23.8 Å². The minimum atomic E-state index is 0.723. The Balaban J connectivity index is 2.39. The van der Waals surface area contributed by atoms with Gasteiger partial charge in [-0.15, -0.1) is 0 Å². The highest BCUT2D eigenvalue weighted by Crippen LogP contribution is 2.34. The largest absolute Gasteiger partial charge is 0.192 e. The maximum absolute atomic E-state index is 9.07. The Morgan fingerprint density at radius 1 is 0.667 bits per heavy atom. The first kappa shape index (κ1) is 9.44. The first-order chi connectivity index (χ1) is 8.86. The maximum Gasteiger partial charge on any atom is 0.0992 e. The molecule has 0 aliphatic carbocycles. The lowest BCUT2D eigenvalue weighted by atomic mass is 9.93. The Bertz CT molecular complexity index is 865. The standard InChI is InChI=1S/C17H9N/c18-10-11-8-14-6-4-12-2-1-3-13-5-7-15(9-11)17(14)16(12)13/h1-9H. The molecule has 4 aromatic rings. The van der Waals surface area contributed by atoms with Crippen molar-refractivity contribution in [1.29, 1.82) is 5.26 Å². The molecule has 0 N–H and O–H groups in total. The van der Waals surface area contributed by atoms with Crippen molar-refractivity contribution in [2.45, 2.75) is 0 Å². The summed E-state index contributed by atoms with van der Waals surface area (Å²) in [5.41, 5.74) is 0.723. The minimum absolute atomic E-state index is 0.723. The Labute approximate surface area is 104 Å². The van der Waals surface area contributed by atoms with Gasteiger partial charge in [-0.25, -0.2) is 0 Å². The first-order valence-electron chi connectivity index (χ1n) is 5.94. The lowest BCUT2D eigenvalue weighted by Gasteiger charge is -2.10. The van der Waals surface area contributed by atoms with Crippen LogP contribution in [0.2, 0.25) is 0 Å². The first-order valence-corrected chi connectivity index (χ1v) is 5.94. The van der Waals surface area contributed by atoms with Crippen LogP contribution in [0, 0.1) is 11.3 Å². The maximum atomic E-state index is 9.07. The van der Waals surface area contributed by atoms with E-state index in [2.05, 4.69) is 48.5 Å². The van der Waals surface area contributed by atoms with Crippen molar-refractivity contribution in [1.82, 2.24) is 0 Å². The minimum Gasteiger partial charge on any atom is -0.192 e. The summed E-state index contributed by atoms with van der Waals surface area (Å²) in [6.07, 6.45) is 0. The Kier molecular flexibility index (Phi) is 1.68. The predicted molar refractivity (Wildman–Crippen MR) is 74.9 cm³/mol. The SMILES string of the molecule is N#Cc1cc2ccc3cccc4ccc(c1)c2c34. The van der Waals surface area contributed by atoms with Gasteiger partial charge in [0.1, 0.15) is 0 Å². The van der Waals surface area contributed by atoms with E-state index in [1.54, 1.807) is 0 Å². The Morgan fingerprint density at radius 3 is 1.72 bits per heavy atom. The molecule has 4 rings (SSSR count). The summed E-state index contributed by atoms with van der Waals surface area (Å²) in [4.78, 5) is 0. The van der Waals surface area contributed by atoms with Gasteiger partial charge >= 0.3 is 0 Å². The van der Waals surface area contributed by atoms with Gasteiger partial charge in [-0.05, 0) is 44.5 Å². The normalized spacial score (nSPS) is 11.3. The molecule has 0 saturated carbocycles. The van der Waals surface area contributed by atoms with E-state index in [0.29, 0.717) is 0 Å². The number of rotatable bonds is 0. The number of nitriles is 1. The van der Waals surface area contributed by atoms with Crippen molar-refractivity contribution < 1.29 is 0 Å². The predicted octanol–water partition coefficient (Wildman–Crippen LogP) is 4.46. The zero-order valence-electron chi connectivity index (χ0n) is 9.64. The monoisotopic (exact) mass is 227 g/mol. The molecule has 82 valence electrons. The smallest absolute Gasteiger partial charge is 0.0992 e. The molecule has 4 aromatic carbocycles. The van der Waals surface area contributed by atoms with Gasteiger partial charge in [0.25, 0.3) is 0 Å². The Hall–Kier alpha value is -2.59. The third-order valence-electron chi connectivity index (χ3n) is 3.59. The summed E-state index contributed by atoms with van der Waals surface area (Å²) >= 11 is 0. The van der Waals surface area contributed by atoms with Crippen LogP contribution in [0.3, 0.4) is 0 Å². The molecule has 0 spiro atoms. The number of benzene rings is 4. The Morgan fingerprint density at radius 2 is 1.17 bits per heavy atom. The summed E-state index contributed by atoms with van der Waals surface area (Å²) in [7, 11) is 0. The van der Waals surface area contributed by atoms with Crippen LogP contribution in [-0.4, -0.2) is 0 Å². The van der Waals surface area contributed by atoms with Crippen LogP contribution in [0.25, 0.3) is 32.3 Å². The molecule has 18 heavy (non-hydrogen) atoms. The average Bonchev–Trinajstić information content (AvgIpc) is 2.44. The van der Waals surface area contributed by atoms with E-state index in [1.165, 1.54) is 21.5 Å². The highest BCUT2D eigenvalue weighted by molar-refractivity contribution is 6.23. The van der Waals surface area contributed by atoms with Crippen LogP contribution in [0.15, 0.2) is 54.6 Å². The van der Waals surface area contributed by atoms with E-state index >= 15 is 0 Å². The van der Waals surface area contributed by atoms with Gasteiger partial charge in [-0.3, -0.25) is 0 Å². The second-order valence-electron chi connectivity index (χ2n) is 4.62. The zero-order valence-corrected chi connectivity index (χ0v) is 9.64. The van der Waals surface area contributed by atoms with Gasteiger partial charge in [-0.1, -0.05) is 42.5 Å². The third kappa shape index (κ3) is 1.10. The fraction of sp³-hybridized carbons (Fsp3) is 0. The lowest BCUT2D eigenvalue weighted by Crippen LogP contribution is -1.84. The fourth-order valence-corrected chi connectivity index (χ4v) is 2.82. The highest BCUT2D eigenvalue weighted by Gasteiger charge is 2.08. The summed E-state index contributed by atoms with van der Waals surface area (Å²) < 4.78 is 0. The van der Waals surface area contributed by atoms with E-state index in [0.717, 1.165) is 16.3 Å². The van der Waals surface area contributed by atoms with Crippen molar-refractivity contribution in [3.8, 4) is 6.07 Å². The molecule has 0 atom stereocenters. The highest BCUT2D eigenvalue weighted by atomic mass is 14.2. The molecule has 0 saturated heterocycles. The van der Waals surface area contributed by atoms with Crippen LogP contribution in [0.1, 0.15) is 5.56 Å². The average molecular weight is 227 g/mol. The van der Waals surface area contributed by atoms with Crippen LogP contribution in [0.5, 0.6) is 0 Å². The van der Waals surface area contributed by atoms with Crippen molar-refractivity contribution in [2.24, 2.45) is 0 Å². The summed E-state index contributed by atoms with van der Waals surface area (Å²) in [6, 6.07) is 21.0. The molecule has 0 aromatic heterocycles. The molecule has 0 aliphatic heterocycles. The zero-order chi connectivity index (χ0) is 12.1. The molecule has 0 unspecified atom stereocenters. The van der Waals surface area contributed by atoms with Gasteiger partial charge in [0.15, 0.2) is 0 Å². The van der Waals surface area contributed by atoms with E-state index in [9.17, 15) is 0 Å². The van der Waals surface area contributed by atoms with Crippen LogP contribution < -0.4 is 0 Å². The summed E-state index contributed by atoms with van der Waals surface area (Å²) in [5.74, 6) is 0. The van der Waals surface area contributed by atoms with Crippen molar-refractivity contribution in [2.75, 3.05) is 0 Å². The van der Waals surface area contributed by atoms with Gasteiger partial charge in [0.05, 0.1) is 11.6 Å². The molecule has 1 nitrogen and oxygen atoms in total. The number of nitrogens with zero attached hydrogens (tertiary/aromatic N) is 1. The molecule has 0 aliphatic rings. The molecule has 0 amide bonds. The number of hydrogen-bond donors (Lipinski definition) is 0. The number of hydrogen-bond acceptors (Lipinski definition) is 1. The second-order valence-corrected chi connectivity index (χ2v) is 4.62. The van der Waals surface area contributed by atoms with E-state index in [-0.39, 0.29) is 0 Å². The molecule has 0 bridgehead atoms. The van der Waals surface area contributed by atoms with Crippen LogP contribution >= 0.6 is 0 Å². The van der Waals surface area contributed by atoms with Crippen molar-refractivity contribution >= 4 is 32.3 Å². The third-order valence-corrected chi connectivity index (χ3v) is 3.59. The molecule has 0 heterocycles. The summed E-state index contributed by atoms with van der Waals surface area (Å²) in [6.45, 7) is 0. The van der Waals surface area contributed by atoms with Gasteiger partial charge in [0.2, 0.25) is 0 Å². The van der Waals surface area contributed by atoms with E-state index in [4.69, 9.17) is 5.26 Å². The van der Waals surface area contributed by atoms with Crippen LogP contribution in [0.4, 0.5) is 0 Å². The quantitative estimate of drug-likeness (QED) is 0.407. The molecule has 0 fully saturated rings. The van der Waals surface area contributed by atoms with Crippen molar-refractivity contribution in [3.63, 3.8) is 0 Å². The van der Waals surface area contributed by atoms with E-state index in [1.807, 2.05) is 12.1 Å². The molecular formula is C17H9N. The summed E-state index contributed by atoms with van der Waals surface area (Å²) in [5, 5.41) is 16.5. The fourth-order valence-electron chi connectivity index (χ4n) is 2.82. The van der Waals surface area contributed by atoms with Crippen LogP contribution in [-0.2, 0) is 0 Å².